The first kappa shape index (κ1) is 15.9. The number of ether oxygens (including phenoxy) is 1. The van der Waals surface area contributed by atoms with Gasteiger partial charge in [0.1, 0.15) is 0 Å². The average Bonchev–Trinajstić information content (AvgIpc) is 2.64. The zero-order valence-corrected chi connectivity index (χ0v) is 12.8. The van der Waals surface area contributed by atoms with Crippen LogP contribution in [0.4, 0.5) is 0 Å². The van der Waals surface area contributed by atoms with Crippen LogP contribution in [0, 0.1) is 13.8 Å². The molecule has 0 unspecified atom stereocenters. The van der Waals surface area contributed by atoms with Crippen molar-refractivity contribution in [2.24, 2.45) is 0 Å². The second-order valence-electron chi connectivity index (χ2n) is 5.04. The van der Waals surface area contributed by atoms with E-state index in [9.17, 15) is 4.79 Å². The third-order valence-electron chi connectivity index (χ3n) is 3.49. The number of aromatic nitrogens is 1. The molecule has 0 aliphatic rings. The Labute approximate surface area is 116 Å². The maximum absolute atomic E-state index is 12.3. The van der Waals surface area contributed by atoms with Crippen molar-refractivity contribution in [3.8, 4) is 0 Å². The summed E-state index contributed by atoms with van der Waals surface area (Å²) in [6.07, 6.45) is 0.953. The Balaban J connectivity index is 2.63. The van der Waals surface area contributed by atoms with Crippen molar-refractivity contribution in [3.05, 3.63) is 23.0 Å². The van der Waals surface area contributed by atoms with Gasteiger partial charge in [-0.05, 0) is 40.3 Å². The molecule has 0 bridgehead atoms. The van der Waals surface area contributed by atoms with Crippen molar-refractivity contribution < 1.29 is 9.53 Å². The zero-order chi connectivity index (χ0) is 14.4. The molecule has 1 aromatic heterocycles. The molecule has 0 N–H and O–H groups in total. The van der Waals surface area contributed by atoms with Crippen LogP contribution in [0.5, 0.6) is 0 Å². The van der Waals surface area contributed by atoms with Crippen LogP contribution in [-0.4, -0.2) is 49.1 Å². The lowest BCUT2D eigenvalue weighted by molar-refractivity contribution is 0.0938. The van der Waals surface area contributed by atoms with E-state index in [1.807, 2.05) is 20.0 Å². The van der Waals surface area contributed by atoms with Crippen LogP contribution in [-0.2, 0) is 11.3 Å². The monoisotopic (exact) mass is 266 g/mol. The fourth-order valence-electron chi connectivity index (χ4n) is 2.46. The Morgan fingerprint density at radius 3 is 2.63 bits per heavy atom. The summed E-state index contributed by atoms with van der Waals surface area (Å²) < 4.78 is 7.20. The van der Waals surface area contributed by atoms with Gasteiger partial charge in [0.2, 0.25) is 0 Å². The lowest BCUT2D eigenvalue weighted by Gasteiger charge is -2.15. The molecule has 1 aromatic rings. The fourth-order valence-corrected chi connectivity index (χ4v) is 2.46. The molecule has 0 aliphatic heterocycles. The van der Waals surface area contributed by atoms with Crippen LogP contribution in [0.3, 0.4) is 0 Å². The lowest BCUT2D eigenvalue weighted by atomic mass is 10.1. The zero-order valence-electron chi connectivity index (χ0n) is 12.8. The second kappa shape index (κ2) is 7.46. The first-order valence-electron chi connectivity index (χ1n) is 6.88. The van der Waals surface area contributed by atoms with Gasteiger partial charge in [-0.3, -0.25) is 9.69 Å². The molecule has 0 aliphatic carbocycles. The molecule has 0 amide bonds. The minimum Gasteiger partial charge on any atom is -0.385 e. The van der Waals surface area contributed by atoms with Gasteiger partial charge in [-0.25, -0.2) is 0 Å². The number of hydrogen-bond acceptors (Lipinski definition) is 3. The molecule has 108 valence electrons. The average molecular weight is 266 g/mol. The van der Waals surface area contributed by atoms with Crippen LogP contribution in [0.1, 0.15) is 35.1 Å². The summed E-state index contributed by atoms with van der Waals surface area (Å²) in [4.78, 5) is 14.4. The van der Waals surface area contributed by atoms with E-state index in [2.05, 4.69) is 23.3 Å². The van der Waals surface area contributed by atoms with Crippen molar-refractivity contribution >= 4 is 5.78 Å². The van der Waals surface area contributed by atoms with E-state index in [-0.39, 0.29) is 5.78 Å². The van der Waals surface area contributed by atoms with Crippen LogP contribution < -0.4 is 0 Å². The Morgan fingerprint density at radius 1 is 1.42 bits per heavy atom. The first-order valence-corrected chi connectivity index (χ1v) is 6.88. The minimum absolute atomic E-state index is 0.202. The van der Waals surface area contributed by atoms with Gasteiger partial charge < -0.3 is 9.30 Å². The van der Waals surface area contributed by atoms with E-state index >= 15 is 0 Å². The van der Waals surface area contributed by atoms with Crippen LogP contribution in [0.2, 0.25) is 0 Å². The molecule has 4 heteroatoms. The molecule has 0 saturated heterocycles. The highest BCUT2D eigenvalue weighted by molar-refractivity contribution is 5.99. The van der Waals surface area contributed by atoms with Crippen LogP contribution >= 0.6 is 0 Å². The van der Waals surface area contributed by atoms with Crippen molar-refractivity contribution in [1.82, 2.24) is 9.47 Å². The molecule has 0 aromatic carbocycles. The maximum Gasteiger partial charge on any atom is 0.178 e. The summed E-state index contributed by atoms with van der Waals surface area (Å²) in [7, 11) is 3.68. The van der Waals surface area contributed by atoms with Crippen molar-refractivity contribution in [2.45, 2.75) is 33.7 Å². The minimum atomic E-state index is 0.202. The highest BCUT2D eigenvalue weighted by Gasteiger charge is 2.16. The van der Waals surface area contributed by atoms with Gasteiger partial charge in [-0.15, -0.1) is 0 Å². The van der Waals surface area contributed by atoms with Gasteiger partial charge in [0.25, 0.3) is 0 Å². The number of methoxy groups -OCH3 is 1. The molecule has 0 atom stereocenters. The third-order valence-corrected chi connectivity index (χ3v) is 3.49. The predicted octanol–water partition coefficient (Wildman–Crippen LogP) is 2.28. The number of rotatable bonds is 8. The topological polar surface area (TPSA) is 34.5 Å². The normalized spacial score (nSPS) is 11.3. The Bertz CT molecular complexity index is 424. The number of Topliss-reactive ketones (excluding diaryl/α,β-unsaturated/α-hetero) is 1. The molecule has 19 heavy (non-hydrogen) atoms. The quantitative estimate of drug-likeness (QED) is 0.535. The number of aryl methyl sites for hydroxylation is 1. The van der Waals surface area contributed by atoms with E-state index < -0.39 is 0 Å². The van der Waals surface area contributed by atoms with Gasteiger partial charge in [0.05, 0.1) is 6.54 Å². The number of carbonyl (C=O) groups is 1. The Hall–Kier alpha value is -1.13. The number of hydrogen-bond donors (Lipinski definition) is 0. The molecular formula is C15H26N2O2. The van der Waals surface area contributed by atoms with E-state index in [1.165, 1.54) is 0 Å². The molecule has 0 fully saturated rings. The number of nitrogens with zero attached hydrogens (tertiary/aromatic N) is 2. The molecule has 0 spiro atoms. The summed E-state index contributed by atoms with van der Waals surface area (Å²) in [5.74, 6) is 0.202. The van der Waals surface area contributed by atoms with Crippen molar-refractivity contribution in [3.63, 3.8) is 0 Å². The van der Waals surface area contributed by atoms with Gasteiger partial charge in [0, 0.05) is 43.8 Å². The SMILES string of the molecule is CCn1c(C)cc(C(=O)CN(C)CCCOC)c1C. The number of carbonyl (C=O) groups excluding carboxylic acids is 1. The highest BCUT2D eigenvalue weighted by atomic mass is 16.5. The highest BCUT2D eigenvalue weighted by Crippen LogP contribution is 2.15. The molecule has 1 rings (SSSR count). The Morgan fingerprint density at radius 2 is 2.11 bits per heavy atom. The maximum atomic E-state index is 12.3. The molecule has 1 heterocycles. The standard InChI is InChI=1S/C15H26N2O2/c1-6-17-12(2)10-14(13(17)3)15(18)11-16(4)8-7-9-19-5/h10H,6-9,11H2,1-5H3. The van der Waals surface area contributed by atoms with Gasteiger partial charge in [-0.1, -0.05) is 0 Å². The van der Waals surface area contributed by atoms with Crippen molar-refractivity contribution in [1.29, 1.82) is 0 Å². The molecule has 0 radical (unpaired) electrons. The number of likely N-dealkylation sites (N-methyl/N-ethyl adjacent to an activating group) is 1. The van der Waals surface area contributed by atoms with E-state index in [0.29, 0.717) is 6.54 Å². The first-order chi connectivity index (χ1) is 9.01. The molecule has 4 nitrogen and oxygen atoms in total. The summed E-state index contributed by atoms with van der Waals surface area (Å²) in [6, 6.07) is 2.00. The van der Waals surface area contributed by atoms with Crippen LogP contribution in [0.15, 0.2) is 6.07 Å². The van der Waals surface area contributed by atoms with E-state index in [0.717, 1.165) is 43.1 Å². The summed E-state index contributed by atoms with van der Waals surface area (Å²) in [6.45, 7) is 9.18. The smallest absolute Gasteiger partial charge is 0.178 e. The second-order valence-corrected chi connectivity index (χ2v) is 5.04. The molecule has 0 saturated carbocycles. The summed E-state index contributed by atoms with van der Waals surface area (Å²) >= 11 is 0. The number of ketones is 1. The largest absolute Gasteiger partial charge is 0.385 e. The third kappa shape index (κ3) is 4.18. The summed E-state index contributed by atoms with van der Waals surface area (Å²) in [5, 5.41) is 0. The van der Waals surface area contributed by atoms with Crippen molar-refractivity contribution in [2.75, 3.05) is 33.9 Å². The van der Waals surface area contributed by atoms with E-state index in [4.69, 9.17) is 4.74 Å². The van der Waals surface area contributed by atoms with Gasteiger partial charge in [0.15, 0.2) is 5.78 Å². The Kier molecular flexibility index (Phi) is 6.25. The van der Waals surface area contributed by atoms with E-state index in [1.54, 1.807) is 7.11 Å². The fraction of sp³-hybridized carbons (Fsp3) is 0.667. The van der Waals surface area contributed by atoms with Crippen LogP contribution in [0.25, 0.3) is 0 Å². The predicted molar refractivity (Wildman–Crippen MR) is 77.9 cm³/mol. The lowest BCUT2D eigenvalue weighted by Crippen LogP contribution is -2.27. The molecular weight excluding hydrogens is 240 g/mol. The van der Waals surface area contributed by atoms with Gasteiger partial charge in [-0.2, -0.15) is 0 Å². The summed E-state index contributed by atoms with van der Waals surface area (Å²) in [5.41, 5.74) is 3.10. The van der Waals surface area contributed by atoms with Gasteiger partial charge >= 0.3 is 0 Å².